The van der Waals surface area contributed by atoms with Crippen molar-refractivity contribution in [1.29, 1.82) is 0 Å². The van der Waals surface area contributed by atoms with Crippen LogP contribution in [0.25, 0.3) is 0 Å². The molecule has 0 saturated heterocycles. The van der Waals surface area contributed by atoms with Gasteiger partial charge in [0.2, 0.25) is 0 Å². The Hall–Kier alpha value is -1.02. The summed E-state index contributed by atoms with van der Waals surface area (Å²) in [5.74, 6) is 1.16. The van der Waals surface area contributed by atoms with Gasteiger partial charge in [-0.05, 0) is 18.9 Å². The zero-order valence-electron chi connectivity index (χ0n) is 7.36. The molecular formula is C11H12O2. The van der Waals surface area contributed by atoms with Crippen LogP contribution in [0, 0.1) is 0 Å². The first-order valence-electron chi connectivity index (χ1n) is 4.74. The van der Waals surface area contributed by atoms with Crippen molar-refractivity contribution < 1.29 is 9.84 Å². The summed E-state index contributed by atoms with van der Waals surface area (Å²) in [6.07, 6.45) is 1.85. The van der Waals surface area contributed by atoms with E-state index in [2.05, 4.69) is 6.07 Å². The number of ether oxygens (including phenoxy) is 1. The lowest BCUT2D eigenvalue weighted by atomic mass is 9.94. The smallest absolute Gasteiger partial charge is 0.123 e. The average Bonchev–Trinajstić information content (AvgIpc) is 2.76. The maximum Gasteiger partial charge on any atom is 0.123 e. The van der Waals surface area contributed by atoms with Crippen LogP contribution in [-0.2, 0) is 0 Å². The standard InChI is InChI=1S/C11H12O2/c12-11(5-6-11)9-7-13-10-4-2-1-3-8(9)10/h1-4,9,12H,5-7H2. The largest absolute Gasteiger partial charge is 0.493 e. The number of fused-ring (bicyclic) bond motifs is 1. The van der Waals surface area contributed by atoms with Crippen LogP contribution in [0.3, 0.4) is 0 Å². The lowest BCUT2D eigenvalue weighted by Crippen LogP contribution is -2.20. The van der Waals surface area contributed by atoms with E-state index in [1.165, 1.54) is 5.56 Å². The number of benzene rings is 1. The summed E-state index contributed by atoms with van der Waals surface area (Å²) in [4.78, 5) is 0. The first-order valence-corrected chi connectivity index (χ1v) is 4.74. The van der Waals surface area contributed by atoms with Gasteiger partial charge in [0.1, 0.15) is 5.75 Å². The van der Waals surface area contributed by atoms with E-state index in [-0.39, 0.29) is 5.92 Å². The molecule has 2 nitrogen and oxygen atoms in total. The SMILES string of the molecule is OC1(C2COc3ccccc32)CC1. The van der Waals surface area contributed by atoms with Crippen molar-refractivity contribution in [3.8, 4) is 5.75 Å². The van der Waals surface area contributed by atoms with Gasteiger partial charge in [0.15, 0.2) is 0 Å². The Labute approximate surface area is 77.2 Å². The first-order chi connectivity index (χ1) is 6.30. The Kier molecular flexibility index (Phi) is 1.29. The van der Waals surface area contributed by atoms with Gasteiger partial charge in [0, 0.05) is 5.56 Å². The molecule has 2 aliphatic rings. The quantitative estimate of drug-likeness (QED) is 0.705. The van der Waals surface area contributed by atoms with E-state index < -0.39 is 5.60 Å². The van der Waals surface area contributed by atoms with Crippen molar-refractivity contribution in [3.63, 3.8) is 0 Å². The normalized spacial score (nSPS) is 27.9. The molecule has 0 amide bonds. The maximum atomic E-state index is 10.00. The summed E-state index contributed by atoms with van der Waals surface area (Å²) in [6.45, 7) is 0.649. The molecular weight excluding hydrogens is 164 g/mol. The molecule has 1 unspecified atom stereocenters. The molecule has 0 radical (unpaired) electrons. The summed E-state index contributed by atoms with van der Waals surface area (Å²) < 4.78 is 5.52. The molecule has 1 aromatic carbocycles. The van der Waals surface area contributed by atoms with E-state index in [1.54, 1.807) is 0 Å². The van der Waals surface area contributed by atoms with E-state index in [0.29, 0.717) is 6.61 Å². The third kappa shape index (κ3) is 0.985. The molecule has 0 spiro atoms. The minimum Gasteiger partial charge on any atom is -0.493 e. The number of hydrogen-bond donors (Lipinski definition) is 1. The fourth-order valence-corrected chi connectivity index (χ4v) is 2.08. The van der Waals surface area contributed by atoms with Crippen LogP contribution in [0.2, 0.25) is 0 Å². The highest BCUT2D eigenvalue weighted by Gasteiger charge is 2.51. The van der Waals surface area contributed by atoms with Crippen LogP contribution in [0.15, 0.2) is 24.3 Å². The van der Waals surface area contributed by atoms with Crippen molar-refractivity contribution in [1.82, 2.24) is 0 Å². The predicted molar refractivity (Wildman–Crippen MR) is 48.9 cm³/mol. The number of para-hydroxylation sites is 1. The first kappa shape index (κ1) is 7.39. The molecule has 2 heteroatoms. The molecule has 68 valence electrons. The van der Waals surface area contributed by atoms with Crippen LogP contribution in [0.5, 0.6) is 5.75 Å². The third-order valence-corrected chi connectivity index (χ3v) is 3.11. The number of rotatable bonds is 1. The molecule has 1 aromatic rings. The van der Waals surface area contributed by atoms with Gasteiger partial charge in [-0.1, -0.05) is 18.2 Å². The number of hydrogen-bond acceptors (Lipinski definition) is 2. The van der Waals surface area contributed by atoms with Gasteiger partial charge in [-0.25, -0.2) is 0 Å². The Morgan fingerprint density at radius 3 is 2.85 bits per heavy atom. The maximum absolute atomic E-state index is 10.00. The van der Waals surface area contributed by atoms with Crippen LogP contribution < -0.4 is 4.74 Å². The molecule has 1 saturated carbocycles. The summed E-state index contributed by atoms with van der Waals surface area (Å²) >= 11 is 0. The Bertz CT molecular complexity index is 342. The Morgan fingerprint density at radius 1 is 1.31 bits per heavy atom. The van der Waals surface area contributed by atoms with Crippen molar-refractivity contribution >= 4 is 0 Å². The Balaban J connectivity index is 2.02. The Morgan fingerprint density at radius 2 is 2.08 bits per heavy atom. The molecule has 0 aromatic heterocycles. The second kappa shape index (κ2) is 2.26. The van der Waals surface area contributed by atoms with Gasteiger partial charge >= 0.3 is 0 Å². The topological polar surface area (TPSA) is 29.5 Å². The van der Waals surface area contributed by atoms with Gasteiger partial charge in [-0.3, -0.25) is 0 Å². The zero-order valence-corrected chi connectivity index (χ0v) is 7.36. The van der Waals surface area contributed by atoms with Crippen molar-refractivity contribution in [3.05, 3.63) is 29.8 Å². The second-order valence-electron chi connectivity index (χ2n) is 4.00. The molecule has 1 N–H and O–H groups in total. The molecule has 1 fully saturated rings. The molecule has 1 aliphatic heterocycles. The summed E-state index contributed by atoms with van der Waals surface area (Å²) in [6, 6.07) is 8.01. The van der Waals surface area contributed by atoms with Crippen molar-refractivity contribution in [2.45, 2.75) is 24.4 Å². The van der Waals surface area contributed by atoms with E-state index in [1.807, 2.05) is 18.2 Å². The molecule has 13 heavy (non-hydrogen) atoms. The van der Waals surface area contributed by atoms with Crippen LogP contribution in [0.4, 0.5) is 0 Å². The van der Waals surface area contributed by atoms with Gasteiger partial charge in [-0.2, -0.15) is 0 Å². The van der Waals surface area contributed by atoms with Gasteiger partial charge in [-0.15, -0.1) is 0 Å². The fourth-order valence-electron chi connectivity index (χ4n) is 2.08. The van der Waals surface area contributed by atoms with Gasteiger partial charge in [0.25, 0.3) is 0 Å². The lowest BCUT2D eigenvalue weighted by Gasteiger charge is -2.14. The second-order valence-corrected chi connectivity index (χ2v) is 4.00. The van der Waals surface area contributed by atoms with Crippen molar-refractivity contribution in [2.75, 3.05) is 6.61 Å². The molecule has 0 bridgehead atoms. The molecule has 1 heterocycles. The minimum absolute atomic E-state index is 0.212. The third-order valence-electron chi connectivity index (χ3n) is 3.11. The van der Waals surface area contributed by atoms with Crippen LogP contribution >= 0.6 is 0 Å². The van der Waals surface area contributed by atoms with E-state index in [9.17, 15) is 5.11 Å². The summed E-state index contributed by atoms with van der Waals surface area (Å²) in [5, 5.41) is 10.00. The lowest BCUT2D eigenvalue weighted by molar-refractivity contribution is 0.105. The van der Waals surface area contributed by atoms with E-state index in [4.69, 9.17) is 4.74 Å². The van der Waals surface area contributed by atoms with E-state index in [0.717, 1.165) is 18.6 Å². The highest BCUT2D eigenvalue weighted by Crippen LogP contribution is 2.51. The van der Waals surface area contributed by atoms with E-state index >= 15 is 0 Å². The fraction of sp³-hybridized carbons (Fsp3) is 0.455. The monoisotopic (exact) mass is 176 g/mol. The summed E-state index contributed by atoms with van der Waals surface area (Å²) in [5.41, 5.74) is 0.731. The van der Waals surface area contributed by atoms with Gasteiger partial charge in [0.05, 0.1) is 18.1 Å². The van der Waals surface area contributed by atoms with Crippen molar-refractivity contribution in [2.24, 2.45) is 0 Å². The summed E-state index contributed by atoms with van der Waals surface area (Å²) in [7, 11) is 0. The van der Waals surface area contributed by atoms with Gasteiger partial charge < -0.3 is 9.84 Å². The predicted octanol–water partition coefficient (Wildman–Crippen LogP) is 1.69. The molecule has 1 atom stereocenters. The zero-order chi connectivity index (χ0) is 8.89. The molecule has 3 rings (SSSR count). The highest BCUT2D eigenvalue weighted by atomic mass is 16.5. The average molecular weight is 176 g/mol. The van der Waals surface area contributed by atoms with Crippen LogP contribution in [-0.4, -0.2) is 17.3 Å². The highest BCUT2D eigenvalue weighted by molar-refractivity contribution is 5.42. The molecule has 1 aliphatic carbocycles. The van der Waals surface area contributed by atoms with Crippen LogP contribution in [0.1, 0.15) is 24.3 Å². The minimum atomic E-state index is -0.452. The number of aliphatic hydroxyl groups is 1.